The molecule has 8 heteroatoms. The maximum atomic E-state index is 11.8. The molecule has 1 aliphatic heterocycles. The van der Waals surface area contributed by atoms with Crippen LogP contribution < -0.4 is 0 Å². The van der Waals surface area contributed by atoms with E-state index >= 15 is 0 Å². The van der Waals surface area contributed by atoms with E-state index in [9.17, 15) is 8.42 Å². The maximum Gasteiger partial charge on any atom is 0.150 e. The standard InChI is InChI=1S/C25H29N5O2S/c1-28(21-11-14-33(31,32)15-12-21)13-10-19-18-30(22-6-4-3-5-7-22)25-23(19)8-9-24(27-25)20-16-26-29(2)17-20/h3-9,16-18,21H,10-15H2,1-2H3. The highest BCUT2D eigenvalue weighted by molar-refractivity contribution is 7.91. The fourth-order valence-electron chi connectivity index (χ4n) is 4.67. The number of benzene rings is 1. The van der Waals surface area contributed by atoms with Gasteiger partial charge in [-0.15, -0.1) is 0 Å². The first kappa shape index (κ1) is 21.9. The summed E-state index contributed by atoms with van der Waals surface area (Å²) in [5.41, 5.74) is 5.15. The Hall–Kier alpha value is -2.97. The average Bonchev–Trinajstić information content (AvgIpc) is 3.41. The molecule has 1 aliphatic rings. The molecule has 0 unspecified atom stereocenters. The van der Waals surface area contributed by atoms with Gasteiger partial charge in [0.1, 0.15) is 15.5 Å². The Bertz CT molecular complexity index is 1360. The topological polar surface area (TPSA) is 73.0 Å². The highest BCUT2D eigenvalue weighted by Crippen LogP contribution is 2.28. The summed E-state index contributed by atoms with van der Waals surface area (Å²) in [5, 5.41) is 5.43. The van der Waals surface area contributed by atoms with E-state index in [1.165, 1.54) is 5.56 Å². The number of sulfone groups is 1. The molecule has 1 fully saturated rings. The van der Waals surface area contributed by atoms with Crippen LogP contribution in [0, 0.1) is 0 Å². The van der Waals surface area contributed by atoms with Gasteiger partial charge in [-0.25, -0.2) is 13.4 Å². The fourth-order valence-corrected chi connectivity index (χ4v) is 6.13. The van der Waals surface area contributed by atoms with Gasteiger partial charge in [-0.3, -0.25) is 4.68 Å². The molecular weight excluding hydrogens is 434 g/mol. The van der Waals surface area contributed by atoms with E-state index in [4.69, 9.17) is 4.98 Å². The molecule has 0 amide bonds. The summed E-state index contributed by atoms with van der Waals surface area (Å²) in [6.45, 7) is 0.878. The van der Waals surface area contributed by atoms with Gasteiger partial charge < -0.3 is 9.47 Å². The molecule has 7 nitrogen and oxygen atoms in total. The van der Waals surface area contributed by atoms with Crippen LogP contribution in [0.15, 0.2) is 61.1 Å². The van der Waals surface area contributed by atoms with Crippen molar-refractivity contribution >= 4 is 20.9 Å². The van der Waals surface area contributed by atoms with Crippen LogP contribution in [0.4, 0.5) is 0 Å². The first-order valence-electron chi connectivity index (χ1n) is 11.4. The average molecular weight is 464 g/mol. The van der Waals surface area contributed by atoms with E-state index in [1.807, 2.05) is 37.6 Å². The van der Waals surface area contributed by atoms with Gasteiger partial charge >= 0.3 is 0 Å². The lowest BCUT2D eigenvalue weighted by molar-refractivity contribution is 0.229. The zero-order valence-electron chi connectivity index (χ0n) is 19.1. The molecule has 4 aromatic rings. The number of hydrogen-bond acceptors (Lipinski definition) is 5. The van der Waals surface area contributed by atoms with Gasteiger partial charge in [0, 0.05) is 48.7 Å². The van der Waals surface area contributed by atoms with Crippen LogP contribution in [-0.2, 0) is 23.3 Å². The molecule has 33 heavy (non-hydrogen) atoms. The molecule has 5 rings (SSSR count). The minimum Gasteiger partial charge on any atom is -0.303 e. The third kappa shape index (κ3) is 4.58. The third-order valence-corrected chi connectivity index (χ3v) is 8.37. The van der Waals surface area contributed by atoms with Crippen LogP contribution in [-0.4, -0.2) is 63.8 Å². The number of fused-ring (bicyclic) bond motifs is 1. The van der Waals surface area contributed by atoms with Gasteiger partial charge in [-0.2, -0.15) is 5.10 Å². The minimum absolute atomic E-state index is 0.302. The van der Waals surface area contributed by atoms with E-state index in [1.54, 1.807) is 4.68 Å². The second-order valence-electron chi connectivity index (χ2n) is 8.94. The Kier molecular flexibility index (Phi) is 5.80. The van der Waals surface area contributed by atoms with Crippen molar-refractivity contribution in [3.05, 3.63) is 66.6 Å². The normalized spacial score (nSPS) is 16.6. The van der Waals surface area contributed by atoms with Gasteiger partial charge in [0.25, 0.3) is 0 Å². The summed E-state index contributed by atoms with van der Waals surface area (Å²) in [6, 6.07) is 14.8. The summed E-state index contributed by atoms with van der Waals surface area (Å²) < 4.78 is 27.5. The molecule has 0 atom stereocenters. The van der Waals surface area contributed by atoms with Crippen molar-refractivity contribution < 1.29 is 8.42 Å². The van der Waals surface area contributed by atoms with Crippen molar-refractivity contribution in [3.8, 4) is 16.9 Å². The molecule has 1 aromatic carbocycles. The Morgan fingerprint density at radius 1 is 1.06 bits per heavy atom. The number of nitrogens with zero attached hydrogens (tertiary/aromatic N) is 5. The number of aryl methyl sites for hydroxylation is 1. The van der Waals surface area contributed by atoms with E-state index in [0.717, 1.165) is 53.8 Å². The largest absolute Gasteiger partial charge is 0.303 e. The smallest absolute Gasteiger partial charge is 0.150 e. The molecule has 1 saturated heterocycles. The molecule has 0 saturated carbocycles. The number of rotatable bonds is 6. The Balaban J connectivity index is 1.45. The first-order valence-corrected chi connectivity index (χ1v) is 13.2. The van der Waals surface area contributed by atoms with Crippen molar-refractivity contribution in [2.24, 2.45) is 7.05 Å². The molecule has 0 spiro atoms. The molecule has 4 heterocycles. The second kappa shape index (κ2) is 8.76. The van der Waals surface area contributed by atoms with E-state index in [0.29, 0.717) is 17.5 Å². The second-order valence-corrected chi connectivity index (χ2v) is 11.2. The van der Waals surface area contributed by atoms with E-state index < -0.39 is 9.84 Å². The van der Waals surface area contributed by atoms with E-state index in [2.05, 4.69) is 52.1 Å². The summed E-state index contributed by atoms with van der Waals surface area (Å²) >= 11 is 0. The molecular formula is C25H29N5O2S. The highest BCUT2D eigenvalue weighted by atomic mass is 32.2. The molecule has 172 valence electrons. The predicted octanol–water partition coefficient (Wildman–Crippen LogP) is 3.48. The molecule has 0 N–H and O–H groups in total. The van der Waals surface area contributed by atoms with Crippen LogP contribution in [0.5, 0.6) is 0 Å². The summed E-state index contributed by atoms with van der Waals surface area (Å²) in [6.07, 6.45) is 8.33. The summed E-state index contributed by atoms with van der Waals surface area (Å²) in [5.74, 6) is 0.604. The third-order valence-electron chi connectivity index (χ3n) is 6.65. The number of likely N-dealkylation sites (N-methyl/N-ethyl adjacent to an activating group) is 1. The monoisotopic (exact) mass is 463 g/mol. The molecule has 0 aliphatic carbocycles. The summed E-state index contributed by atoms with van der Waals surface area (Å²) in [4.78, 5) is 7.34. The minimum atomic E-state index is -2.84. The van der Waals surface area contributed by atoms with Crippen LogP contribution >= 0.6 is 0 Å². The molecule has 0 bridgehead atoms. The van der Waals surface area contributed by atoms with Gasteiger partial charge in [0.05, 0.1) is 23.4 Å². The van der Waals surface area contributed by atoms with E-state index in [-0.39, 0.29) is 0 Å². The molecule has 0 radical (unpaired) electrons. The molecule has 3 aromatic heterocycles. The zero-order chi connectivity index (χ0) is 23.0. The Morgan fingerprint density at radius 2 is 1.82 bits per heavy atom. The lowest BCUT2D eigenvalue weighted by Gasteiger charge is -2.31. The van der Waals surface area contributed by atoms with Crippen molar-refractivity contribution in [2.45, 2.75) is 25.3 Å². The van der Waals surface area contributed by atoms with Crippen molar-refractivity contribution in [3.63, 3.8) is 0 Å². The lowest BCUT2D eigenvalue weighted by Crippen LogP contribution is -2.39. The van der Waals surface area contributed by atoms with Crippen molar-refractivity contribution in [1.29, 1.82) is 0 Å². The number of hydrogen-bond donors (Lipinski definition) is 0. The Morgan fingerprint density at radius 3 is 2.52 bits per heavy atom. The quantitative estimate of drug-likeness (QED) is 0.438. The Labute approximate surface area is 194 Å². The number of pyridine rings is 1. The van der Waals surface area contributed by atoms with Gasteiger partial charge in [-0.05, 0) is 56.1 Å². The number of para-hydroxylation sites is 1. The van der Waals surface area contributed by atoms with Gasteiger partial charge in [0.15, 0.2) is 0 Å². The first-order chi connectivity index (χ1) is 15.9. The SMILES string of the molecule is CN(CCc1cn(-c2ccccc2)c2nc(-c3cnn(C)c3)ccc12)C1CCS(=O)(=O)CC1. The van der Waals surface area contributed by atoms with Crippen molar-refractivity contribution in [1.82, 2.24) is 24.2 Å². The summed E-state index contributed by atoms with van der Waals surface area (Å²) in [7, 11) is 1.17. The van der Waals surface area contributed by atoms with Gasteiger partial charge in [-0.1, -0.05) is 18.2 Å². The highest BCUT2D eigenvalue weighted by Gasteiger charge is 2.26. The van der Waals surface area contributed by atoms with Crippen LogP contribution in [0.1, 0.15) is 18.4 Å². The van der Waals surface area contributed by atoms with Crippen molar-refractivity contribution in [2.75, 3.05) is 25.1 Å². The maximum absolute atomic E-state index is 11.8. The zero-order valence-corrected chi connectivity index (χ0v) is 19.9. The number of aromatic nitrogens is 4. The van der Waals surface area contributed by atoms with Crippen LogP contribution in [0.3, 0.4) is 0 Å². The predicted molar refractivity (Wildman–Crippen MR) is 131 cm³/mol. The van der Waals surface area contributed by atoms with Gasteiger partial charge in [0.2, 0.25) is 0 Å². The lowest BCUT2D eigenvalue weighted by atomic mass is 10.1. The van der Waals surface area contributed by atoms with Crippen LogP contribution in [0.2, 0.25) is 0 Å². The fraction of sp³-hybridized carbons (Fsp3) is 0.360. The van der Waals surface area contributed by atoms with Crippen LogP contribution in [0.25, 0.3) is 28.0 Å².